The molecule has 1 aromatic heterocycles. The van der Waals surface area contributed by atoms with Crippen molar-refractivity contribution < 1.29 is 29.0 Å². The van der Waals surface area contributed by atoms with Gasteiger partial charge in [0.25, 0.3) is 5.91 Å². The molecule has 0 atom stereocenters. The summed E-state index contributed by atoms with van der Waals surface area (Å²) in [7, 11) is 0. The Labute approximate surface area is 170 Å². The highest BCUT2D eigenvalue weighted by Crippen LogP contribution is 2.26. The van der Waals surface area contributed by atoms with Crippen molar-refractivity contribution >= 4 is 29.6 Å². The molecule has 1 amide bonds. The van der Waals surface area contributed by atoms with Gasteiger partial charge in [0.2, 0.25) is 0 Å². The first kappa shape index (κ1) is 20.1. The number of aromatic carboxylic acids is 2. The predicted octanol–water partition coefficient (Wildman–Crippen LogP) is 3.89. The number of amides is 1. The van der Waals surface area contributed by atoms with Gasteiger partial charge in [-0.05, 0) is 42.5 Å². The number of anilines is 1. The molecule has 0 fully saturated rings. The molecule has 3 rings (SSSR count). The van der Waals surface area contributed by atoms with E-state index in [0.29, 0.717) is 5.69 Å². The maximum absolute atomic E-state index is 12.3. The minimum absolute atomic E-state index is 0.169. The number of hydrogen-bond donors (Lipinski definition) is 3. The van der Waals surface area contributed by atoms with Crippen molar-refractivity contribution in [3.05, 3.63) is 83.1 Å². The van der Waals surface area contributed by atoms with Crippen molar-refractivity contribution in [1.29, 1.82) is 5.26 Å². The number of nitrogens with zero attached hydrogens (tertiary/aromatic N) is 1. The molecule has 0 radical (unpaired) electrons. The Bertz CT molecular complexity index is 1170. The zero-order valence-electron chi connectivity index (χ0n) is 15.3. The van der Waals surface area contributed by atoms with Crippen molar-refractivity contribution in [2.75, 3.05) is 5.32 Å². The van der Waals surface area contributed by atoms with Crippen LogP contribution in [0.2, 0.25) is 0 Å². The Balaban J connectivity index is 1.90. The van der Waals surface area contributed by atoms with E-state index in [9.17, 15) is 29.9 Å². The van der Waals surface area contributed by atoms with Gasteiger partial charge < -0.3 is 19.9 Å². The minimum Gasteiger partial charge on any atom is -0.478 e. The molecule has 148 valence electrons. The quantitative estimate of drug-likeness (QED) is 0.419. The van der Waals surface area contributed by atoms with E-state index in [4.69, 9.17) is 4.42 Å². The summed E-state index contributed by atoms with van der Waals surface area (Å²) in [6.45, 7) is 0. The normalized spacial score (nSPS) is 10.8. The fourth-order valence-electron chi connectivity index (χ4n) is 2.61. The number of para-hydroxylation sites is 1. The monoisotopic (exact) mass is 402 g/mol. The number of nitrogens with one attached hydrogen (secondary N) is 1. The molecular formula is C22H14N2O6. The van der Waals surface area contributed by atoms with Crippen LogP contribution in [-0.4, -0.2) is 28.1 Å². The largest absolute Gasteiger partial charge is 0.478 e. The molecule has 8 heteroatoms. The molecule has 2 aromatic carbocycles. The van der Waals surface area contributed by atoms with Gasteiger partial charge >= 0.3 is 11.9 Å². The third-order valence-corrected chi connectivity index (χ3v) is 4.02. The molecule has 3 N–H and O–H groups in total. The summed E-state index contributed by atoms with van der Waals surface area (Å²) in [5.41, 5.74) is 0.136. The Morgan fingerprint density at radius 3 is 2.13 bits per heavy atom. The van der Waals surface area contributed by atoms with Crippen LogP contribution in [0.1, 0.15) is 26.5 Å². The van der Waals surface area contributed by atoms with E-state index >= 15 is 0 Å². The van der Waals surface area contributed by atoms with Crippen LogP contribution in [0.15, 0.2) is 70.7 Å². The van der Waals surface area contributed by atoms with Crippen LogP contribution in [0.5, 0.6) is 0 Å². The summed E-state index contributed by atoms with van der Waals surface area (Å²) < 4.78 is 5.58. The highest BCUT2D eigenvalue weighted by molar-refractivity contribution is 6.09. The lowest BCUT2D eigenvalue weighted by Gasteiger charge is -2.04. The van der Waals surface area contributed by atoms with Crippen LogP contribution in [0.4, 0.5) is 5.69 Å². The van der Waals surface area contributed by atoms with Gasteiger partial charge in [-0.1, -0.05) is 18.2 Å². The van der Waals surface area contributed by atoms with Gasteiger partial charge in [0.05, 0.1) is 11.1 Å². The molecule has 0 spiro atoms. The van der Waals surface area contributed by atoms with Gasteiger partial charge in [-0.15, -0.1) is 0 Å². The number of carboxylic acid groups (broad SMARTS) is 2. The van der Waals surface area contributed by atoms with E-state index in [0.717, 1.165) is 6.07 Å². The average molecular weight is 402 g/mol. The van der Waals surface area contributed by atoms with Crippen LogP contribution in [0, 0.1) is 11.3 Å². The van der Waals surface area contributed by atoms with Crippen molar-refractivity contribution in [1.82, 2.24) is 0 Å². The molecular weight excluding hydrogens is 388 g/mol. The summed E-state index contributed by atoms with van der Waals surface area (Å²) >= 11 is 0. The molecule has 30 heavy (non-hydrogen) atoms. The number of nitriles is 1. The van der Waals surface area contributed by atoms with Gasteiger partial charge in [0, 0.05) is 17.3 Å². The minimum atomic E-state index is -1.28. The Morgan fingerprint density at radius 2 is 1.57 bits per heavy atom. The van der Waals surface area contributed by atoms with Gasteiger partial charge in [-0.3, -0.25) is 4.79 Å². The topological polar surface area (TPSA) is 141 Å². The van der Waals surface area contributed by atoms with Crippen LogP contribution in [0.25, 0.3) is 17.4 Å². The zero-order chi connectivity index (χ0) is 21.7. The Morgan fingerprint density at radius 1 is 0.933 bits per heavy atom. The number of benzene rings is 2. The lowest BCUT2D eigenvalue weighted by Crippen LogP contribution is -2.13. The number of rotatable bonds is 6. The highest BCUT2D eigenvalue weighted by Gasteiger charge is 2.15. The van der Waals surface area contributed by atoms with Crippen LogP contribution < -0.4 is 5.32 Å². The molecule has 3 aromatic rings. The van der Waals surface area contributed by atoms with Crippen molar-refractivity contribution in [2.45, 2.75) is 0 Å². The molecule has 0 aliphatic heterocycles. The summed E-state index contributed by atoms with van der Waals surface area (Å²) in [6.07, 6.45) is 1.24. The maximum atomic E-state index is 12.3. The molecule has 8 nitrogen and oxygen atoms in total. The van der Waals surface area contributed by atoms with E-state index in [-0.39, 0.29) is 33.8 Å². The third kappa shape index (κ3) is 4.61. The van der Waals surface area contributed by atoms with Crippen molar-refractivity contribution in [2.24, 2.45) is 0 Å². The molecule has 1 heterocycles. The van der Waals surface area contributed by atoms with Gasteiger partial charge in [0.1, 0.15) is 23.2 Å². The van der Waals surface area contributed by atoms with E-state index in [1.54, 1.807) is 36.4 Å². The first-order valence-corrected chi connectivity index (χ1v) is 8.57. The van der Waals surface area contributed by atoms with E-state index in [1.165, 1.54) is 30.3 Å². The summed E-state index contributed by atoms with van der Waals surface area (Å²) in [5.74, 6) is -2.83. The fraction of sp³-hybridized carbons (Fsp3) is 0. The number of carbonyl (C=O) groups is 3. The third-order valence-electron chi connectivity index (χ3n) is 4.02. The van der Waals surface area contributed by atoms with Gasteiger partial charge in [0.15, 0.2) is 0 Å². The first-order chi connectivity index (χ1) is 14.4. The van der Waals surface area contributed by atoms with Gasteiger partial charge in [-0.25, -0.2) is 9.59 Å². The summed E-state index contributed by atoms with van der Waals surface area (Å²) in [5, 5.41) is 30.3. The number of furan rings is 1. The Hall–Kier alpha value is -4.64. The average Bonchev–Trinajstić information content (AvgIpc) is 3.21. The molecule has 0 aliphatic carbocycles. The summed E-state index contributed by atoms with van der Waals surface area (Å²) in [6, 6.07) is 17.0. The Kier molecular flexibility index (Phi) is 5.75. The molecule has 0 unspecified atom stereocenters. The van der Waals surface area contributed by atoms with E-state index < -0.39 is 17.8 Å². The lowest BCUT2D eigenvalue weighted by atomic mass is 10.0. The molecule has 0 aliphatic rings. The van der Waals surface area contributed by atoms with Crippen LogP contribution in [0.3, 0.4) is 0 Å². The number of hydrogen-bond acceptors (Lipinski definition) is 5. The maximum Gasteiger partial charge on any atom is 0.335 e. The second-order valence-electron chi connectivity index (χ2n) is 6.10. The van der Waals surface area contributed by atoms with E-state index in [2.05, 4.69) is 5.32 Å². The van der Waals surface area contributed by atoms with Crippen LogP contribution >= 0.6 is 0 Å². The first-order valence-electron chi connectivity index (χ1n) is 8.57. The lowest BCUT2D eigenvalue weighted by molar-refractivity contribution is -0.112. The summed E-state index contributed by atoms with van der Waals surface area (Å²) in [4.78, 5) is 34.8. The highest BCUT2D eigenvalue weighted by atomic mass is 16.4. The van der Waals surface area contributed by atoms with Crippen molar-refractivity contribution in [3.63, 3.8) is 0 Å². The second kappa shape index (κ2) is 8.58. The second-order valence-corrected chi connectivity index (χ2v) is 6.10. The predicted molar refractivity (Wildman–Crippen MR) is 107 cm³/mol. The fourth-order valence-corrected chi connectivity index (χ4v) is 2.61. The van der Waals surface area contributed by atoms with Gasteiger partial charge in [-0.2, -0.15) is 5.26 Å². The number of carbonyl (C=O) groups excluding carboxylic acids is 1. The SMILES string of the molecule is N#C/C(=C\c1ccc(-c2cc(C(=O)O)cc(C(=O)O)c2)o1)C(=O)Nc1ccccc1. The molecule has 0 saturated carbocycles. The van der Waals surface area contributed by atoms with Crippen LogP contribution in [-0.2, 0) is 4.79 Å². The van der Waals surface area contributed by atoms with Crippen molar-refractivity contribution in [3.8, 4) is 17.4 Å². The standard InChI is InChI=1S/C22H14N2O6/c23-12-16(20(25)24-17-4-2-1-3-5-17)11-18-6-7-19(30-18)13-8-14(21(26)27)10-15(9-13)22(28)29/h1-11H,(H,24,25)(H,26,27)(H,28,29)/b16-11+. The number of carboxylic acids is 2. The van der Waals surface area contributed by atoms with E-state index in [1.807, 2.05) is 0 Å². The molecule has 0 bridgehead atoms. The smallest absolute Gasteiger partial charge is 0.335 e. The molecule has 0 saturated heterocycles. The zero-order valence-corrected chi connectivity index (χ0v) is 15.3.